The molecule has 0 spiro atoms. The Kier molecular flexibility index (Phi) is 9.78. The van der Waals surface area contributed by atoms with Crippen molar-refractivity contribution in [3.63, 3.8) is 0 Å². The lowest BCUT2D eigenvalue weighted by Crippen LogP contribution is -2.41. The number of thioether (sulfide) groups is 1. The predicted molar refractivity (Wildman–Crippen MR) is 144 cm³/mol. The first-order valence-electron chi connectivity index (χ1n) is 11.5. The third-order valence-electron chi connectivity index (χ3n) is 5.47. The Morgan fingerprint density at radius 2 is 1.67 bits per heavy atom. The van der Waals surface area contributed by atoms with Gasteiger partial charge >= 0.3 is 0 Å². The zero-order valence-electron chi connectivity index (χ0n) is 20.7. The maximum atomic E-state index is 13.6. The maximum Gasteiger partial charge on any atom is 0.264 e. The van der Waals surface area contributed by atoms with Gasteiger partial charge in [-0.05, 0) is 73.5 Å². The molecule has 3 aromatic carbocycles. The summed E-state index contributed by atoms with van der Waals surface area (Å²) in [4.78, 5) is 12.9. The van der Waals surface area contributed by atoms with Crippen molar-refractivity contribution in [1.82, 2.24) is 5.32 Å². The maximum absolute atomic E-state index is 13.6. The monoisotopic (exact) mass is 530 g/mol. The van der Waals surface area contributed by atoms with Gasteiger partial charge in [-0.1, -0.05) is 35.9 Å². The summed E-state index contributed by atoms with van der Waals surface area (Å²) in [5.74, 6) is 1.26. The fourth-order valence-electron chi connectivity index (χ4n) is 3.49. The van der Waals surface area contributed by atoms with E-state index in [-0.39, 0.29) is 17.3 Å². The average Bonchev–Trinajstić information content (AvgIpc) is 2.86. The Bertz CT molecular complexity index is 1260. The van der Waals surface area contributed by atoms with Gasteiger partial charge < -0.3 is 10.1 Å². The van der Waals surface area contributed by atoms with Crippen LogP contribution in [-0.2, 0) is 20.6 Å². The van der Waals surface area contributed by atoms with Crippen LogP contribution < -0.4 is 14.4 Å². The van der Waals surface area contributed by atoms with E-state index in [2.05, 4.69) is 5.32 Å². The van der Waals surface area contributed by atoms with Gasteiger partial charge in [0.1, 0.15) is 18.1 Å². The number of ether oxygens (including phenoxy) is 1. The molecular weight excluding hydrogens is 499 g/mol. The van der Waals surface area contributed by atoms with Crippen LogP contribution in [0.1, 0.15) is 23.1 Å². The van der Waals surface area contributed by atoms with E-state index in [9.17, 15) is 17.6 Å². The first-order valence-corrected chi connectivity index (χ1v) is 14.1. The molecule has 0 aliphatic heterocycles. The van der Waals surface area contributed by atoms with E-state index in [1.54, 1.807) is 48.2 Å². The number of halogens is 1. The van der Waals surface area contributed by atoms with Gasteiger partial charge in [0.25, 0.3) is 10.0 Å². The summed E-state index contributed by atoms with van der Waals surface area (Å²) >= 11 is 1.69. The van der Waals surface area contributed by atoms with Crippen molar-refractivity contribution in [3.05, 3.63) is 89.2 Å². The van der Waals surface area contributed by atoms with E-state index < -0.39 is 15.9 Å². The molecule has 192 valence electrons. The summed E-state index contributed by atoms with van der Waals surface area (Å²) in [6.45, 7) is 3.77. The highest BCUT2D eigenvalue weighted by atomic mass is 32.2. The second kappa shape index (κ2) is 12.8. The molecule has 0 fully saturated rings. The van der Waals surface area contributed by atoms with E-state index in [1.807, 2.05) is 19.9 Å². The first kappa shape index (κ1) is 27.5. The van der Waals surface area contributed by atoms with Crippen molar-refractivity contribution in [2.24, 2.45) is 0 Å². The Morgan fingerprint density at radius 1 is 1.00 bits per heavy atom. The van der Waals surface area contributed by atoms with Crippen LogP contribution in [0, 0.1) is 19.7 Å². The van der Waals surface area contributed by atoms with Gasteiger partial charge in [0.05, 0.1) is 17.7 Å². The molecule has 9 heteroatoms. The number of anilines is 1. The Hall–Kier alpha value is -3.04. The molecular formula is C27H31FN2O4S2. The van der Waals surface area contributed by atoms with Crippen molar-refractivity contribution < 1.29 is 22.3 Å². The van der Waals surface area contributed by atoms with Crippen molar-refractivity contribution in [2.75, 3.05) is 30.3 Å². The lowest BCUT2D eigenvalue weighted by molar-refractivity contribution is -0.119. The summed E-state index contributed by atoms with van der Waals surface area (Å²) in [5.41, 5.74) is 3.12. The molecule has 0 aromatic heterocycles. The van der Waals surface area contributed by atoms with Gasteiger partial charge in [0, 0.05) is 12.3 Å². The minimum Gasteiger partial charge on any atom is -0.495 e. The molecule has 0 atom stereocenters. The highest BCUT2D eigenvalue weighted by Crippen LogP contribution is 2.33. The Labute approximate surface area is 216 Å². The molecule has 0 heterocycles. The van der Waals surface area contributed by atoms with Crippen molar-refractivity contribution in [2.45, 2.75) is 30.9 Å². The van der Waals surface area contributed by atoms with Crippen molar-refractivity contribution >= 4 is 33.4 Å². The van der Waals surface area contributed by atoms with Crippen molar-refractivity contribution in [3.8, 4) is 5.75 Å². The summed E-state index contributed by atoms with van der Waals surface area (Å²) in [7, 11) is -2.56. The highest BCUT2D eigenvalue weighted by Gasteiger charge is 2.29. The Balaban J connectivity index is 1.66. The molecule has 36 heavy (non-hydrogen) atoms. The molecule has 0 radical (unpaired) electrons. The van der Waals surface area contributed by atoms with Gasteiger partial charge in [-0.25, -0.2) is 12.8 Å². The molecule has 0 aliphatic carbocycles. The zero-order valence-corrected chi connectivity index (χ0v) is 22.3. The standard InChI is InChI=1S/C27H31FN2O4S2/c1-20-5-12-24(13-6-20)36(32,33)30(25-17-21(2)7-14-26(25)34-3)18-27(31)29-15-4-16-35-19-22-8-10-23(28)11-9-22/h5-14,17H,4,15-16,18-19H2,1-3H3,(H,29,31). The number of aryl methyl sites for hydroxylation is 2. The molecule has 1 amide bonds. The van der Waals surface area contributed by atoms with Gasteiger partial charge in [-0.3, -0.25) is 9.10 Å². The van der Waals surface area contributed by atoms with Crippen LogP contribution in [0.5, 0.6) is 5.75 Å². The predicted octanol–water partition coefficient (Wildman–Crippen LogP) is 5.09. The normalized spacial score (nSPS) is 11.2. The zero-order chi connectivity index (χ0) is 26.1. The smallest absolute Gasteiger partial charge is 0.264 e. The fourth-order valence-corrected chi connectivity index (χ4v) is 5.84. The number of carbonyl (C=O) groups is 1. The molecule has 0 aliphatic rings. The van der Waals surface area contributed by atoms with E-state index in [0.717, 1.165) is 38.9 Å². The molecule has 0 saturated heterocycles. The molecule has 6 nitrogen and oxygen atoms in total. The molecule has 0 unspecified atom stereocenters. The number of benzene rings is 3. The summed E-state index contributed by atoms with van der Waals surface area (Å²) in [6, 6.07) is 18.1. The number of nitrogens with one attached hydrogen (secondary N) is 1. The lowest BCUT2D eigenvalue weighted by atomic mass is 10.2. The summed E-state index contributed by atoms with van der Waals surface area (Å²) in [5, 5.41) is 2.83. The van der Waals surface area contributed by atoms with Gasteiger partial charge in [0.15, 0.2) is 0 Å². The SMILES string of the molecule is COc1ccc(C)cc1N(CC(=O)NCCCSCc1ccc(F)cc1)S(=O)(=O)c1ccc(C)cc1. The second-order valence-corrected chi connectivity index (χ2v) is 11.4. The van der Waals surface area contributed by atoms with Gasteiger partial charge in [-0.2, -0.15) is 11.8 Å². The van der Waals surface area contributed by atoms with Crippen LogP contribution in [0.15, 0.2) is 71.6 Å². The van der Waals surface area contributed by atoms with E-state index >= 15 is 0 Å². The highest BCUT2D eigenvalue weighted by molar-refractivity contribution is 7.98. The van der Waals surface area contributed by atoms with Crippen LogP contribution in [-0.4, -0.2) is 40.3 Å². The van der Waals surface area contributed by atoms with Gasteiger partial charge in [0.2, 0.25) is 5.91 Å². The third-order valence-corrected chi connectivity index (χ3v) is 8.36. The fraction of sp³-hybridized carbons (Fsp3) is 0.296. The van der Waals surface area contributed by atoms with Crippen LogP contribution in [0.25, 0.3) is 0 Å². The quantitative estimate of drug-likeness (QED) is 0.330. The number of sulfonamides is 1. The van der Waals surface area contributed by atoms with Crippen LogP contribution in [0.3, 0.4) is 0 Å². The molecule has 3 rings (SSSR count). The Morgan fingerprint density at radius 3 is 2.33 bits per heavy atom. The van der Waals surface area contributed by atoms with E-state index in [0.29, 0.717) is 18.0 Å². The summed E-state index contributed by atoms with van der Waals surface area (Å²) < 4.78 is 46.7. The number of carbonyl (C=O) groups excluding carboxylic acids is 1. The number of methoxy groups -OCH3 is 1. The topological polar surface area (TPSA) is 75.7 Å². The second-order valence-electron chi connectivity index (χ2n) is 8.38. The van der Waals surface area contributed by atoms with Crippen molar-refractivity contribution in [1.29, 1.82) is 0 Å². The van der Waals surface area contributed by atoms with E-state index in [4.69, 9.17) is 4.74 Å². The van der Waals surface area contributed by atoms with Gasteiger partial charge in [-0.15, -0.1) is 0 Å². The van der Waals surface area contributed by atoms with Crippen LogP contribution >= 0.6 is 11.8 Å². The number of amides is 1. The minimum atomic E-state index is -4.03. The van der Waals surface area contributed by atoms with Crippen LogP contribution in [0.2, 0.25) is 0 Å². The molecule has 0 saturated carbocycles. The number of hydrogen-bond donors (Lipinski definition) is 1. The van der Waals surface area contributed by atoms with Crippen LogP contribution in [0.4, 0.5) is 10.1 Å². The summed E-state index contributed by atoms with van der Waals surface area (Å²) in [6.07, 6.45) is 0.718. The number of nitrogens with zero attached hydrogens (tertiary/aromatic N) is 1. The third kappa shape index (κ3) is 7.48. The van der Waals surface area contributed by atoms with E-state index in [1.165, 1.54) is 31.4 Å². The first-order chi connectivity index (χ1) is 17.2. The number of hydrogen-bond acceptors (Lipinski definition) is 5. The molecule has 3 aromatic rings. The largest absolute Gasteiger partial charge is 0.495 e. The lowest BCUT2D eigenvalue weighted by Gasteiger charge is -2.26. The number of rotatable bonds is 12. The molecule has 0 bridgehead atoms. The minimum absolute atomic E-state index is 0.0988. The molecule has 1 N–H and O–H groups in total. The average molecular weight is 531 g/mol.